The Bertz CT molecular complexity index is 828. The van der Waals surface area contributed by atoms with Crippen molar-refractivity contribution < 1.29 is 14.3 Å². The maximum absolute atomic E-state index is 12.6. The number of ether oxygens (including phenoxy) is 1. The van der Waals surface area contributed by atoms with Crippen LogP contribution in [0.3, 0.4) is 0 Å². The number of benzene rings is 1. The summed E-state index contributed by atoms with van der Waals surface area (Å²) in [5.74, 6) is 0.426. The molecule has 148 valence electrons. The number of anilines is 2. The Morgan fingerprint density at radius 1 is 1.18 bits per heavy atom. The number of amides is 2. The van der Waals surface area contributed by atoms with Crippen molar-refractivity contribution in [3.8, 4) is 0 Å². The first-order valence-electron chi connectivity index (χ1n) is 9.26. The van der Waals surface area contributed by atoms with Crippen LogP contribution in [-0.2, 0) is 4.74 Å². The quantitative estimate of drug-likeness (QED) is 0.723. The Kier molecular flexibility index (Phi) is 6.86. The number of carbonyl (C=O) groups excluding carboxylic acids is 2. The highest BCUT2D eigenvalue weighted by atomic mass is 79.9. The zero-order valence-electron chi connectivity index (χ0n) is 15.7. The van der Waals surface area contributed by atoms with Crippen molar-refractivity contribution in [2.45, 2.75) is 13.3 Å². The van der Waals surface area contributed by atoms with Crippen molar-refractivity contribution in [3.63, 3.8) is 0 Å². The zero-order chi connectivity index (χ0) is 19.9. The van der Waals surface area contributed by atoms with E-state index in [0.29, 0.717) is 31.8 Å². The van der Waals surface area contributed by atoms with Gasteiger partial charge >= 0.3 is 12.0 Å². The van der Waals surface area contributed by atoms with Gasteiger partial charge in [0, 0.05) is 42.5 Å². The molecule has 0 bridgehead atoms. The number of nitrogens with zero attached hydrogens (tertiary/aromatic N) is 3. The molecule has 1 aliphatic heterocycles. The predicted molar refractivity (Wildman–Crippen MR) is 112 cm³/mol. The molecule has 2 aromatic rings. The summed E-state index contributed by atoms with van der Waals surface area (Å²) >= 11 is 3.41. The number of hydrogen-bond acceptors (Lipinski definition) is 5. The lowest BCUT2D eigenvalue weighted by molar-refractivity contribution is 0.0526. The molecule has 0 unspecified atom stereocenters. The van der Waals surface area contributed by atoms with Crippen molar-refractivity contribution in [1.82, 2.24) is 9.88 Å². The van der Waals surface area contributed by atoms with E-state index >= 15 is 0 Å². The monoisotopic (exact) mass is 446 g/mol. The molecule has 1 N–H and O–H groups in total. The van der Waals surface area contributed by atoms with Gasteiger partial charge in [-0.25, -0.2) is 14.6 Å². The summed E-state index contributed by atoms with van der Waals surface area (Å²) in [6.45, 7) is 4.86. The van der Waals surface area contributed by atoms with Gasteiger partial charge in [0.15, 0.2) is 0 Å². The summed E-state index contributed by atoms with van der Waals surface area (Å²) in [7, 11) is 0. The number of urea groups is 1. The fraction of sp³-hybridized carbons (Fsp3) is 0.350. The number of carbonyl (C=O) groups is 2. The normalized spacial score (nSPS) is 14.4. The van der Waals surface area contributed by atoms with E-state index in [9.17, 15) is 9.59 Å². The number of rotatable bonds is 4. The molecule has 1 fully saturated rings. The van der Waals surface area contributed by atoms with Gasteiger partial charge in [-0.3, -0.25) is 0 Å². The van der Waals surface area contributed by atoms with Crippen molar-refractivity contribution in [2.75, 3.05) is 43.0 Å². The van der Waals surface area contributed by atoms with Crippen LogP contribution in [0.1, 0.15) is 23.7 Å². The summed E-state index contributed by atoms with van der Waals surface area (Å²) in [6, 6.07) is 11.0. The maximum atomic E-state index is 12.6. The highest BCUT2D eigenvalue weighted by Gasteiger charge is 2.20. The molecule has 8 heteroatoms. The second-order valence-corrected chi connectivity index (χ2v) is 7.31. The molecular weight excluding hydrogens is 424 g/mol. The van der Waals surface area contributed by atoms with E-state index in [0.717, 1.165) is 28.9 Å². The van der Waals surface area contributed by atoms with Crippen LogP contribution in [0.25, 0.3) is 0 Å². The standard InChI is InChI=1S/C20H23BrN4O3/c1-2-28-19(26)15-7-8-18(22-14-15)24-9-4-10-25(12-11-24)20(27)23-17-6-3-5-16(21)13-17/h3,5-8,13-14H,2,4,9-12H2,1H3,(H,23,27). The number of nitrogens with one attached hydrogen (secondary N) is 1. The lowest BCUT2D eigenvalue weighted by Crippen LogP contribution is -2.38. The van der Waals surface area contributed by atoms with Gasteiger partial charge in [-0.15, -0.1) is 0 Å². The van der Waals surface area contributed by atoms with Crippen LogP contribution < -0.4 is 10.2 Å². The molecule has 2 amide bonds. The van der Waals surface area contributed by atoms with Crippen LogP contribution in [0.2, 0.25) is 0 Å². The first kappa shape index (κ1) is 20.1. The lowest BCUT2D eigenvalue weighted by Gasteiger charge is -2.23. The van der Waals surface area contributed by atoms with Crippen LogP contribution in [0, 0.1) is 0 Å². The van der Waals surface area contributed by atoms with Gasteiger partial charge in [-0.05, 0) is 43.7 Å². The third-order valence-electron chi connectivity index (χ3n) is 4.44. The first-order valence-corrected chi connectivity index (χ1v) is 10.1. The lowest BCUT2D eigenvalue weighted by atomic mass is 10.2. The van der Waals surface area contributed by atoms with Crippen LogP contribution in [0.5, 0.6) is 0 Å². The molecule has 2 heterocycles. The highest BCUT2D eigenvalue weighted by molar-refractivity contribution is 9.10. The molecule has 1 aliphatic rings. The second kappa shape index (κ2) is 9.54. The summed E-state index contributed by atoms with van der Waals surface area (Å²) in [4.78, 5) is 32.7. The van der Waals surface area contributed by atoms with Crippen molar-refractivity contribution >= 4 is 39.4 Å². The third kappa shape index (κ3) is 5.22. The largest absolute Gasteiger partial charge is 0.462 e. The SMILES string of the molecule is CCOC(=O)c1ccc(N2CCCN(C(=O)Nc3cccc(Br)c3)CC2)nc1. The van der Waals surface area contributed by atoms with E-state index in [2.05, 4.69) is 31.1 Å². The molecule has 1 aromatic heterocycles. The van der Waals surface area contributed by atoms with Gasteiger partial charge in [-0.2, -0.15) is 0 Å². The van der Waals surface area contributed by atoms with E-state index in [1.807, 2.05) is 35.2 Å². The molecule has 0 saturated carbocycles. The molecule has 0 aliphatic carbocycles. The van der Waals surface area contributed by atoms with Gasteiger partial charge < -0.3 is 19.9 Å². The Morgan fingerprint density at radius 3 is 2.75 bits per heavy atom. The maximum Gasteiger partial charge on any atom is 0.339 e. The number of halogens is 1. The van der Waals surface area contributed by atoms with Crippen LogP contribution in [-0.4, -0.2) is 54.7 Å². The average Bonchev–Trinajstić information content (AvgIpc) is 2.95. The van der Waals surface area contributed by atoms with Crippen LogP contribution >= 0.6 is 15.9 Å². The molecule has 0 spiro atoms. The molecular formula is C20H23BrN4O3. The Morgan fingerprint density at radius 2 is 2.04 bits per heavy atom. The van der Waals surface area contributed by atoms with Gasteiger partial charge in [0.1, 0.15) is 5.82 Å². The number of hydrogen-bond donors (Lipinski definition) is 1. The molecule has 0 atom stereocenters. The summed E-state index contributed by atoms with van der Waals surface area (Å²) in [5, 5.41) is 2.94. The fourth-order valence-electron chi connectivity index (χ4n) is 3.03. The van der Waals surface area contributed by atoms with E-state index in [-0.39, 0.29) is 12.0 Å². The third-order valence-corrected chi connectivity index (χ3v) is 4.94. The van der Waals surface area contributed by atoms with Crippen LogP contribution in [0.15, 0.2) is 47.1 Å². The topological polar surface area (TPSA) is 74.8 Å². The number of esters is 1. The molecule has 28 heavy (non-hydrogen) atoms. The van der Waals surface area contributed by atoms with Gasteiger partial charge in [0.05, 0.1) is 12.2 Å². The Labute approximate surface area is 172 Å². The van der Waals surface area contributed by atoms with Crippen molar-refractivity contribution in [2.24, 2.45) is 0 Å². The van der Waals surface area contributed by atoms with Crippen molar-refractivity contribution in [1.29, 1.82) is 0 Å². The van der Waals surface area contributed by atoms with Crippen LogP contribution in [0.4, 0.5) is 16.3 Å². The first-order chi connectivity index (χ1) is 13.6. The van der Waals surface area contributed by atoms with E-state index in [1.165, 1.54) is 6.20 Å². The number of pyridine rings is 1. The average molecular weight is 447 g/mol. The number of aromatic nitrogens is 1. The van der Waals surface area contributed by atoms with E-state index < -0.39 is 0 Å². The summed E-state index contributed by atoms with van der Waals surface area (Å²) < 4.78 is 5.90. The molecule has 1 saturated heterocycles. The molecule has 1 aromatic carbocycles. The van der Waals surface area contributed by atoms with E-state index in [1.54, 1.807) is 13.0 Å². The van der Waals surface area contributed by atoms with E-state index in [4.69, 9.17) is 4.74 Å². The molecule has 3 rings (SSSR count). The van der Waals surface area contributed by atoms with Gasteiger partial charge in [0.2, 0.25) is 0 Å². The molecule has 0 radical (unpaired) electrons. The minimum atomic E-state index is -0.368. The smallest absolute Gasteiger partial charge is 0.339 e. The zero-order valence-corrected chi connectivity index (χ0v) is 17.3. The minimum Gasteiger partial charge on any atom is -0.462 e. The Balaban J connectivity index is 1.58. The Hall–Kier alpha value is -2.61. The predicted octanol–water partition coefficient (Wildman–Crippen LogP) is 3.77. The second-order valence-electron chi connectivity index (χ2n) is 6.39. The van der Waals surface area contributed by atoms with Gasteiger partial charge in [-0.1, -0.05) is 22.0 Å². The summed E-state index contributed by atoms with van der Waals surface area (Å²) in [5.41, 5.74) is 1.20. The summed E-state index contributed by atoms with van der Waals surface area (Å²) in [6.07, 6.45) is 2.38. The van der Waals surface area contributed by atoms with Gasteiger partial charge in [0.25, 0.3) is 0 Å². The highest BCUT2D eigenvalue weighted by Crippen LogP contribution is 2.18. The minimum absolute atomic E-state index is 0.106. The fourth-order valence-corrected chi connectivity index (χ4v) is 3.43. The molecule has 7 nitrogen and oxygen atoms in total. The van der Waals surface area contributed by atoms with Crippen molar-refractivity contribution in [3.05, 3.63) is 52.6 Å².